The molecule has 0 aromatic heterocycles. The van der Waals surface area contributed by atoms with Crippen LogP contribution in [0, 0.1) is 0 Å². The maximum Gasteiger partial charge on any atom is 0.430 e. The van der Waals surface area contributed by atoms with Crippen LogP contribution in [0.15, 0.2) is 72.1 Å². The minimum Gasteiger partial charge on any atom is -0.369 e. The zero-order chi connectivity index (χ0) is 22.1. The maximum atomic E-state index is 13.0. The molecule has 0 radical (unpaired) electrons. The van der Waals surface area contributed by atoms with Gasteiger partial charge in [0.05, 0.1) is 10.1 Å². The summed E-state index contributed by atoms with van der Waals surface area (Å²) in [5.74, 6) is 0. The summed E-state index contributed by atoms with van der Waals surface area (Å²) in [6.07, 6.45) is -10.9. The lowest BCUT2D eigenvalue weighted by Crippen LogP contribution is -2.53. The van der Waals surface area contributed by atoms with E-state index < -0.39 is 38.6 Å². The van der Waals surface area contributed by atoms with Crippen LogP contribution in [0.1, 0.15) is 22.8 Å². The first-order chi connectivity index (χ1) is 13.3. The summed E-state index contributed by atoms with van der Waals surface area (Å²) in [6, 6.07) is 9.70. The van der Waals surface area contributed by atoms with Crippen molar-refractivity contribution in [2.24, 2.45) is 0 Å². The van der Waals surface area contributed by atoms with E-state index in [9.17, 15) is 39.9 Å². The molecule has 2 aromatic carbocycles. The van der Waals surface area contributed by atoms with Crippen LogP contribution in [-0.4, -0.2) is 25.9 Å². The Morgan fingerprint density at radius 1 is 0.897 bits per heavy atom. The molecule has 0 saturated heterocycles. The Bertz CT molecular complexity index is 934. The molecule has 2 rings (SSSR count). The molecule has 2 aromatic rings. The SMILES string of the molecule is C=CCC(c1ccc(C(O)(C(F)(F)F)C(F)(F)F)cc1)S(=O)(=O)c1ccccc1. The van der Waals surface area contributed by atoms with Crippen molar-refractivity contribution in [2.45, 2.75) is 34.5 Å². The highest BCUT2D eigenvalue weighted by atomic mass is 32.2. The third-order valence-corrected chi connectivity index (χ3v) is 6.49. The van der Waals surface area contributed by atoms with Gasteiger partial charge in [0, 0.05) is 5.56 Å². The molecule has 0 heterocycles. The Hall–Kier alpha value is -2.33. The molecule has 158 valence electrons. The number of hydrogen-bond acceptors (Lipinski definition) is 3. The number of aliphatic hydroxyl groups is 1. The largest absolute Gasteiger partial charge is 0.430 e. The van der Waals surface area contributed by atoms with Gasteiger partial charge < -0.3 is 5.11 Å². The van der Waals surface area contributed by atoms with Gasteiger partial charge in [-0.15, -0.1) is 6.58 Å². The van der Waals surface area contributed by atoms with Gasteiger partial charge in [-0.3, -0.25) is 0 Å². The Labute approximate surface area is 163 Å². The number of hydrogen-bond donors (Lipinski definition) is 1. The lowest BCUT2D eigenvalue weighted by molar-refractivity contribution is -0.376. The molecule has 10 heteroatoms. The van der Waals surface area contributed by atoms with Gasteiger partial charge in [-0.1, -0.05) is 48.5 Å². The Morgan fingerprint density at radius 3 is 1.79 bits per heavy atom. The van der Waals surface area contributed by atoms with Crippen LogP contribution in [0.2, 0.25) is 0 Å². The zero-order valence-corrected chi connectivity index (χ0v) is 15.5. The Morgan fingerprint density at radius 2 is 1.38 bits per heavy atom. The van der Waals surface area contributed by atoms with Crippen LogP contribution in [0.4, 0.5) is 26.3 Å². The maximum absolute atomic E-state index is 13.0. The molecule has 0 aliphatic carbocycles. The van der Waals surface area contributed by atoms with Crippen molar-refractivity contribution in [3.63, 3.8) is 0 Å². The number of benzene rings is 2. The molecule has 29 heavy (non-hydrogen) atoms. The molecular weight excluding hydrogens is 422 g/mol. The van der Waals surface area contributed by atoms with Crippen LogP contribution >= 0.6 is 0 Å². The van der Waals surface area contributed by atoms with E-state index in [-0.39, 0.29) is 16.9 Å². The summed E-state index contributed by atoms with van der Waals surface area (Å²) >= 11 is 0. The van der Waals surface area contributed by atoms with E-state index in [2.05, 4.69) is 6.58 Å². The minimum atomic E-state index is -6.02. The fraction of sp³-hybridized carbons (Fsp3) is 0.263. The van der Waals surface area contributed by atoms with Gasteiger partial charge in [0.2, 0.25) is 0 Å². The van der Waals surface area contributed by atoms with Gasteiger partial charge in [0.15, 0.2) is 9.84 Å². The van der Waals surface area contributed by atoms with Gasteiger partial charge in [-0.05, 0) is 24.1 Å². The predicted molar refractivity (Wildman–Crippen MR) is 93.6 cm³/mol. The molecule has 0 spiro atoms. The fourth-order valence-corrected chi connectivity index (χ4v) is 4.56. The molecule has 3 nitrogen and oxygen atoms in total. The number of alkyl halides is 6. The fourth-order valence-electron chi connectivity index (χ4n) is 2.79. The van der Waals surface area contributed by atoms with Crippen LogP contribution in [-0.2, 0) is 15.4 Å². The first-order valence-corrected chi connectivity index (χ1v) is 9.67. The molecule has 0 saturated carbocycles. The molecule has 0 fully saturated rings. The quantitative estimate of drug-likeness (QED) is 0.505. The van der Waals surface area contributed by atoms with Crippen molar-refractivity contribution in [1.29, 1.82) is 0 Å². The van der Waals surface area contributed by atoms with E-state index in [4.69, 9.17) is 0 Å². The van der Waals surface area contributed by atoms with E-state index in [1.165, 1.54) is 30.3 Å². The highest BCUT2D eigenvalue weighted by Crippen LogP contribution is 2.50. The molecule has 1 atom stereocenters. The third-order valence-electron chi connectivity index (χ3n) is 4.35. The highest BCUT2D eigenvalue weighted by molar-refractivity contribution is 7.91. The summed E-state index contributed by atoms with van der Waals surface area (Å²) in [4.78, 5) is -0.0574. The number of rotatable bonds is 6. The van der Waals surface area contributed by atoms with Gasteiger partial charge in [-0.2, -0.15) is 26.3 Å². The van der Waals surface area contributed by atoms with E-state index in [1.807, 2.05) is 0 Å². The standard InChI is InChI=1S/C19H16F6O3S/c1-2-6-16(29(27,28)15-7-4-3-5-8-15)13-9-11-14(12-10-13)17(26,18(20,21)22)19(23,24)25/h2-5,7-12,16,26H,1,6H2. The molecule has 0 aliphatic heterocycles. The second-order valence-electron chi connectivity index (χ2n) is 6.20. The summed E-state index contributed by atoms with van der Waals surface area (Å²) in [5.41, 5.74) is -6.58. The monoisotopic (exact) mass is 438 g/mol. The molecule has 0 amide bonds. The zero-order valence-electron chi connectivity index (χ0n) is 14.7. The van der Waals surface area contributed by atoms with Crippen LogP contribution in [0.3, 0.4) is 0 Å². The van der Waals surface area contributed by atoms with E-state index in [1.54, 1.807) is 6.07 Å². The summed E-state index contributed by atoms with van der Waals surface area (Å²) in [5, 5.41) is 8.17. The van der Waals surface area contributed by atoms with Gasteiger partial charge >= 0.3 is 12.4 Å². The number of halogens is 6. The Balaban J connectivity index is 2.55. The van der Waals surface area contributed by atoms with Gasteiger partial charge in [-0.25, -0.2) is 8.42 Å². The summed E-state index contributed by atoms with van der Waals surface area (Å²) < 4.78 is 104. The third kappa shape index (κ3) is 4.18. The Kier molecular flexibility index (Phi) is 6.20. The smallest absolute Gasteiger partial charge is 0.369 e. The number of sulfone groups is 1. The molecule has 0 aliphatic rings. The summed E-state index contributed by atoms with van der Waals surface area (Å²) in [6.45, 7) is 3.45. The minimum absolute atomic E-state index is 0.0378. The van der Waals surface area contributed by atoms with E-state index in [0.29, 0.717) is 12.1 Å². The van der Waals surface area contributed by atoms with Crippen molar-refractivity contribution in [3.05, 3.63) is 78.4 Å². The normalized spacial score (nSPS) is 14.4. The average Bonchev–Trinajstić information content (AvgIpc) is 2.64. The highest BCUT2D eigenvalue weighted by Gasteiger charge is 2.71. The average molecular weight is 438 g/mol. The van der Waals surface area contributed by atoms with Crippen LogP contribution in [0.25, 0.3) is 0 Å². The van der Waals surface area contributed by atoms with Crippen molar-refractivity contribution >= 4 is 9.84 Å². The van der Waals surface area contributed by atoms with Crippen molar-refractivity contribution in [1.82, 2.24) is 0 Å². The molecular formula is C19H16F6O3S. The second-order valence-corrected chi connectivity index (χ2v) is 8.33. The van der Waals surface area contributed by atoms with Crippen molar-refractivity contribution in [3.8, 4) is 0 Å². The van der Waals surface area contributed by atoms with E-state index in [0.717, 1.165) is 12.1 Å². The molecule has 0 bridgehead atoms. The lowest BCUT2D eigenvalue weighted by atomic mass is 9.91. The van der Waals surface area contributed by atoms with Gasteiger partial charge in [0.1, 0.15) is 0 Å². The van der Waals surface area contributed by atoms with Crippen LogP contribution < -0.4 is 0 Å². The van der Waals surface area contributed by atoms with Gasteiger partial charge in [0.25, 0.3) is 5.60 Å². The predicted octanol–water partition coefficient (Wildman–Crippen LogP) is 5.09. The molecule has 1 unspecified atom stereocenters. The van der Waals surface area contributed by atoms with E-state index >= 15 is 0 Å². The van der Waals surface area contributed by atoms with Crippen molar-refractivity contribution < 1.29 is 39.9 Å². The topological polar surface area (TPSA) is 54.4 Å². The number of allylic oxidation sites excluding steroid dienone is 1. The first-order valence-electron chi connectivity index (χ1n) is 8.13. The van der Waals surface area contributed by atoms with Crippen molar-refractivity contribution in [2.75, 3.05) is 0 Å². The lowest BCUT2D eigenvalue weighted by Gasteiger charge is -2.32. The summed E-state index contributed by atoms with van der Waals surface area (Å²) in [7, 11) is -4.00. The second kappa shape index (κ2) is 7.83. The first kappa shape index (κ1) is 23.0. The van der Waals surface area contributed by atoms with Crippen LogP contribution in [0.5, 0.6) is 0 Å². The molecule has 1 N–H and O–H groups in total.